The smallest absolute Gasteiger partial charge is 0.196 e. The summed E-state index contributed by atoms with van der Waals surface area (Å²) in [5.41, 5.74) is 8.20. The molecule has 0 heterocycles. The molecule has 4 heteroatoms. The van der Waals surface area contributed by atoms with Gasteiger partial charge in [0.1, 0.15) is 5.82 Å². The second-order valence-corrected chi connectivity index (χ2v) is 5.34. The number of hydrogen-bond acceptors (Lipinski definition) is 2. The molecule has 2 aromatic rings. The lowest BCUT2D eigenvalue weighted by molar-refractivity contribution is 0.103. The molecule has 19 heavy (non-hydrogen) atoms. The van der Waals surface area contributed by atoms with E-state index in [1.807, 2.05) is 19.9 Å². The lowest BCUT2D eigenvalue weighted by Crippen LogP contribution is -2.07. The molecule has 0 saturated carbocycles. The maximum absolute atomic E-state index is 13.7. The van der Waals surface area contributed by atoms with Gasteiger partial charge in [0.15, 0.2) is 5.78 Å². The lowest BCUT2D eigenvalue weighted by Gasteiger charge is -2.09. The Balaban J connectivity index is 2.56. The van der Waals surface area contributed by atoms with Crippen molar-refractivity contribution in [2.75, 3.05) is 5.73 Å². The molecule has 2 N–H and O–H groups in total. The number of carbonyl (C=O) groups is 1. The van der Waals surface area contributed by atoms with Gasteiger partial charge in [-0.3, -0.25) is 4.79 Å². The van der Waals surface area contributed by atoms with Crippen LogP contribution in [0.1, 0.15) is 27.0 Å². The number of rotatable bonds is 2. The van der Waals surface area contributed by atoms with Crippen molar-refractivity contribution in [3.63, 3.8) is 0 Å². The van der Waals surface area contributed by atoms with E-state index < -0.39 is 5.82 Å². The summed E-state index contributed by atoms with van der Waals surface area (Å²) in [7, 11) is 0. The largest absolute Gasteiger partial charge is 0.399 e. The highest BCUT2D eigenvalue weighted by molar-refractivity contribution is 9.10. The second kappa shape index (κ2) is 5.13. The van der Waals surface area contributed by atoms with Crippen molar-refractivity contribution in [2.45, 2.75) is 13.8 Å². The first-order chi connectivity index (χ1) is 8.90. The van der Waals surface area contributed by atoms with E-state index in [1.54, 1.807) is 6.07 Å². The van der Waals surface area contributed by atoms with Crippen LogP contribution in [0.2, 0.25) is 0 Å². The van der Waals surface area contributed by atoms with Gasteiger partial charge in [-0.15, -0.1) is 0 Å². The summed E-state index contributed by atoms with van der Waals surface area (Å²) in [6, 6.07) is 7.63. The highest BCUT2D eigenvalue weighted by Crippen LogP contribution is 2.24. The van der Waals surface area contributed by atoms with Crippen LogP contribution in [-0.2, 0) is 0 Å². The van der Waals surface area contributed by atoms with E-state index in [4.69, 9.17) is 5.73 Å². The molecule has 0 unspecified atom stereocenters. The number of nitrogen functional groups attached to an aromatic ring is 1. The summed E-state index contributed by atoms with van der Waals surface area (Å²) in [4.78, 5) is 12.4. The van der Waals surface area contributed by atoms with Crippen LogP contribution < -0.4 is 5.73 Å². The second-order valence-electron chi connectivity index (χ2n) is 4.48. The minimum atomic E-state index is -0.556. The predicted octanol–water partition coefficient (Wildman–Crippen LogP) is 4.02. The molecule has 2 nitrogen and oxygen atoms in total. The van der Waals surface area contributed by atoms with Gasteiger partial charge in [0, 0.05) is 15.7 Å². The molecule has 0 radical (unpaired) electrons. The third-order valence-electron chi connectivity index (χ3n) is 2.99. The highest BCUT2D eigenvalue weighted by atomic mass is 79.9. The number of benzene rings is 2. The van der Waals surface area contributed by atoms with E-state index in [2.05, 4.69) is 15.9 Å². The molecule has 0 bridgehead atoms. The molecule has 0 aromatic heterocycles. The highest BCUT2D eigenvalue weighted by Gasteiger charge is 2.17. The van der Waals surface area contributed by atoms with Gasteiger partial charge < -0.3 is 5.73 Å². The summed E-state index contributed by atoms with van der Waals surface area (Å²) in [5.74, 6) is -0.905. The zero-order valence-corrected chi connectivity index (χ0v) is 12.2. The van der Waals surface area contributed by atoms with E-state index in [-0.39, 0.29) is 11.3 Å². The molecule has 98 valence electrons. The van der Waals surface area contributed by atoms with Crippen LogP contribution in [0.5, 0.6) is 0 Å². The first-order valence-electron chi connectivity index (χ1n) is 5.76. The quantitative estimate of drug-likeness (QED) is 0.670. The Bertz CT molecular complexity index is 667. The fourth-order valence-corrected chi connectivity index (χ4v) is 2.35. The zero-order chi connectivity index (χ0) is 14.2. The van der Waals surface area contributed by atoms with Crippen molar-refractivity contribution in [2.24, 2.45) is 0 Å². The van der Waals surface area contributed by atoms with Gasteiger partial charge in [-0.2, -0.15) is 0 Å². The topological polar surface area (TPSA) is 43.1 Å². The van der Waals surface area contributed by atoms with Crippen molar-refractivity contribution in [1.82, 2.24) is 0 Å². The van der Waals surface area contributed by atoms with Crippen molar-refractivity contribution in [3.05, 3.63) is 62.9 Å². The van der Waals surface area contributed by atoms with Crippen molar-refractivity contribution in [3.8, 4) is 0 Å². The number of carbonyl (C=O) groups excluding carboxylic acids is 1. The number of halogens is 2. The van der Waals surface area contributed by atoms with Gasteiger partial charge in [0.25, 0.3) is 0 Å². The van der Waals surface area contributed by atoms with Crippen LogP contribution in [0, 0.1) is 19.7 Å². The monoisotopic (exact) mass is 321 g/mol. The molecule has 2 rings (SSSR count). The maximum atomic E-state index is 13.7. The summed E-state index contributed by atoms with van der Waals surface area (Å²) in [5, 5.41) is 0. The van der Waals surface area contributed by atoms with Crippen LogP contribution in [0.4, 0.5) is 10.1 Å². The molecular formula is C15H13BrFNO. The van der Waals surface area contributed by atoms with Crippen LogP contribution in [0.25, 0.3) is 0 Å². The third-order valence-corrected chi connectivity index (χ3v) is 3.84. The van der Waals surface area contributed by atoms with Gasteiger partial charge in [0.05, 0.1) is 5.56 Å². The first-order valence-corrected chi connectivity index (χ1v) is 6.56. The van der Waals surface area contributed by atoms with Crippen molar-refractivity contribution >= 4 is 27.4 Å². The van der Waals surface area contributed by atoms with E-state index in [0.29, 0.717) is 11.3 Å². The minimum absolute atomic E-state index is 0.00447. The third kappa shape index (κ3) is 2.68. The normalized spacial score (nSPS) is 10.5. The molecule has 0 fully saturated rings. The average Bonchev–Trinajstić information content (AvgIpc) is 2.36. The molecule has 2 aromatic carbocycles. The predicted molar refractivity (Wildman–Crippen MR) is 77.9 cm³/mol. The van der Waals surface area contributed by atoms with Crippen LogP contribution in [0.15, 0.2) is 34.8 Å². The van der Waals surface area contributed by atoms with Gasteiger partial charge in [-0.25, -0.2) is 4.39 Å². The Hall–Kier alpha value is -1.68. The molecule has 0 aliphatic carbocycles. The summed E-state index contributed by atoms with van der Waals surface area (Å²) in [6.45, 7) is 3.71. The number of aryl methyl sites for hydroxylation is 2. The van der Waals surface area contributed by atoms with Crippen LogP contribution >= 0.6 is 15.9 Å². The molecule has 0 saturated heterocycles. The average molecular weight is 322 g/mol. The van der Waals surface area contributed by atoms with E-state index in [0.717, 1.165) is 15.6 Å². The standard InChI is InChI=1S/C15H13BrFNO/c1-8-6-13(16)9(2)5-11(8)15(19)12-7-10(18)3-4-14(12)17/h3-7H,18H2,1-2H3. The van der Waals surface area contributed by atoms with Gasteiger partial charge >= 0.3 is 0 Å². The van der Waals surface area contributed by atoms with E-state index >= 15 is 0 Å². The SMILES string of the molecule is Cc1cc(C(=O)c2cc(N)ccc2F)c(C)cc1Br. The number of nitrogens with two attached hydrogens (primary N) is 1. The number of anilines is 1. The summed E-state index contributed by atoms with van der Waals surface area (Å²) in [6.07, 6.45) is 0. The van der Waals surface area contributed by atoms with Crippen LogP contribution in [-0.4, -0.2) is 5.78 Å². The maximum Gasteiger partial charge on any atom is 0.196 e. The Labute approximate surface area is 119 Å². The fourth-order valence-electron chi connectivity index (χ4n) is 1.89. The number of ketones is 1. The fraction of sp³-hybridized carbons (Fsp3) is 0.133. The minimum Gasteiger partial charge on any atom is -0.399 e. The van der Waals surface area contributed by atoms with Gasteiger partial charge in [-0.05, 0) is 55.3 Å². The zero-order valence-electron chi connectivity index (χ0n) is 10.6. The molecule has 0 amide bonds. The van der Waals surface area contributed by atoms with Gasteiger partial charge in [-0.1, -0.05) is 15.9 Å². The van der Waals surface area contributed by atoms with E-state index in [9.17, 15) is 9.18 Å². The van der Waals surface area contributed by atoms with Crippen molar-refractivity contribution < 1.29 is 9.18 Å². The van der Waals surface area contributed by atoms with Crippen molar-refractivity contribution in [1.29, 1.82) is 0 Å². The molecule has 0 aliphatic rings. The Morgan fingerprint density at radius 3 is 2.47 bits per heavy atom. The Kier molecular flexibility index (Phi) is 3.71. The Morgan fingerprint density at radius 2 is 1.79 bits per heavy atom. The van der Waals surface area contributed by atoms with Crippen LogP contribution in [0.3, 0.4) is 0 Å². The number of hydrogen-bond donors (Lipinski definition) is 1. The van der Waals surface area contributed by atoms with E-state index in [1.165, 1.54) is 18.2 Å². The summed E-state index contributed by atoms with van der Waals surface area (Å²) >= 11 is 3.41. The molecule has 0 atom stereocenters. The lowest BCUT2D eigenvalue weighted by atomic mass is 9.97. The first kappa shape index (κ1) is 13.7. The molecule has 0 aliphatic heterocycles. The Morgan fingerprint density at radius 1 is 1.11 bits per heavy atom. The summed E-state index contributed by atoms with van der Waals surface area (Å²) < 4.78 is 14.7. The molecular weight excluding hydrogens is 309 g/mol. The molecule has 0 spiro atoms. The van der Waals surface area contributed by atoms with Gasteiger partial charge in [0.2, 0.25) is 0 Å².